The molecule has 0 aliphatic carbocycles. The van der Waals surface area contributed by atoms with Crippen molar-refractivity contribution in [1.29, 1.82) is 0 Å². The van der Waals surface area contributed by atoms with Gasteiger partial charge in [0.1, 0.15) is 10.6 Å². The van der Waals surface area contributed by atoms with Crippen LogP contribution in [0, 0.1) is 10.1 Å². The van der Waals surface area contributed by atoms with Crippen LogP contribution < -0.4 is 0 Å². The van der Waals surface area contributed by atoms with Crippen molar-refractivity contribution in [3.05, 3.63) is 28.3 Å². The quantitative estimate of drug-likeness (QED) is 0.0949. The normalized spacial score (nSPS) is 15.5. The molecular weight excluding hydrogens is 767 g/mol. The molecule has 0 saturated carbocycles. The Morgan fingerprint density at radius 3 is 1.68 bits per heavy atom. The van der Waals surface area contributed by atoms with Crippen LogP contribution >= 0.6 is 0 Å². The van der Waals surface area contributed by atoms with Crippen LogP contribution in [0.3, 0.4) is 0 Å². The molecule has 29 heteroatoms. The molecule has 0 saturated heterocycles. The number of hydrogen-bond acceptors (Lipinski definition) is 7. The molecule has 47 heavy (non-hydrogen) atoms. The van der Waals surface area contributed by atoms with Crippen molar-refractivity contribution in [1.82, 2.24) is 0 Å². The monoisotopic (exact) mass is 775 g/mol. The van der Waals surface area contributed by atoms with E-state index in [4.69, 9.17) is 0 Å². The molecule has 1 aromatic carbocycles. The summed E-state index contributed by atoms with van der Waals surface area (Å²) in [5, 5.41) is 4.11. The number of carbonyl (C=O) groups excluding carboxylic acids is 1. The number of halogens is 19. The summed E-state index contributed by atoms with van der Waals surface area (Å²) in [6, 6.07) is -1.39. The molecule has 1 rings (SSSR count). The second-order valence-electron chi connectivity index (χ2n) is 8.48. The number of alkyl halides is 19. The predicted molar refractivity (Wildman–Crippen MR) is 109 cm³/mol. The highest BCUT2D eigenvalue weighted by atomic mass is 32.2. The molecule has 0 aliphatic rings. The first kappa shape index (κ1) is 41.9. The third kappa shape index (κ3) is 6.76. The van der Waals surface area contributed by atoms with Crippen LogP contribution in [0.4, 0.5) is 89.1 Å². The fourth-order valence-corrected chi connectivity index (χ4v) is 5.05. The van der Waals surface area contributed by atoms with E-state index in [1.165, 1.54) is 0 Å². The Morgan fingerprint density at radius 1 is 0.809 bits per heavy atom. The van der Waals surface area contributed by atoms with E-state index in [0.717, 1.165) is 0 Å². The molecule has 0 fully saturated rings. The minimum atomic E-state index is -8.03. The molecule has 1 unspecified atom stereocenters. The van der Waals surface area contributed by atoms with Gasteiger partial charge in [-0.05, 0) is 12.1 Å². The van der Waals surface area contributed by atoms with Gasteiger partial charge in [0, 0.05) is 6.07 Å². The number of carbonyl (C=O) groups is 1. The highest BCUT2D eigenvalue weighted by Gasteiger charge is 2.88. The summed E-state index contributed by atoms with van der Waals surface area (Å²) < 4.78 is 288. The second kappa shape index (κ2) is 12.4. The van der Waals surface area contributed by atoms with E-state index >= 15 is 0 Å². The average Bonchev–Trinajstić information content (AvgIpc) is 2.89. The minimum Gasteiger partial charge on any atom is -0.458 e. The topological polar surface area (TPSA) is 121 Å². The first-order chi connectivity index (χ1) is 20.5. The molecule has 272 valence electrons. The summed E-state index contributed by atoms with van der Waals surface area (Å²) in [5.74, 6) is -50.0. The Kier molecular flexibility index (Phi) is 11.0. The predicted octanol–water partition coefficient (Wildman–Crippen LogP) is 6.25. The number of ether oxygens (including phenoxy) is 1. The van der Waals surface area contributed by atoms with E-state index in [2.05, 4.69) is 4.74 Å². The van der Waals surface area contributed by atoms with Crippen LogP contribution in [0.15, 0.2) is 28.0 Å². The lowest BCUT2D eigenvalue weighted by Gasteiger charge is -2.38. The van der Waals surface area contributed by atoms with Gasteiger partial charge in [0.2, 0.25) is 0 Å². The van der Waals surface area contributed by atoms with Crippen LogP contribution in [0.1, 0.15) is 0 Å². The zero-order chi connectivity index (χ0) is 37.8. The fourth-order valence-electron chi connectivity index (χ4n) is 2.74. The summed E-state index contributed by atoms with van der Waals surface area (Å²) >= 11 is 0. The summed E-state index contributed by atoms with van der Waals surface area (Å²) in [4.78, 5) is 17.0. The summed E-state index contributed by atoms with van der Waals surface area (Å²) in [6.45, 7) is -3.51. The van der Waals surface area contributed by atoms with E-state index in [9.17, 15) is 111 Å². The Balaban J connectivity index is 3.35. The Morgan fingerprint density at radius 2 is 1.28 bits per heavy atom. The fraction of sp³-hybridized carbons (Fsp3) is 0.611. The lowest BCUT2D eigenvalue weighted by Crippen LogP contribution is -2.69. The Labute approximate surface area is 247 Å². The van der Waals surface area contributed by atoms with E-state index in [-0.39, 0.29) is 6.07 Å². The number of esters is 1. The first-order valence-electron chi connectivity index (χ1n) is 10.6. The number of nitro benzene ring substituents is 1. The molecule has 0 N–H and O–H groups in total. The van der Waals surface area contributed by atoms with Crippen molar-refractivity contribution in [2.45, 2.75) is 63.2 Å². The van der Waals surface area contributed by atoms with Crippen LogP contribution in [-0.4, -0.2) is 89.3 Å². The van der Waals surface area contributed by atoms with Crippen molar-refractivity contribution < 1.29 is 110 Å². The van der Waals surface area contributed by atoms with Crippen molar-refractivity contribution in [2.24, 2.45) is 0 Å². The van der Waals surface area contributed by atoms with Crippen LogP contribution in [0.2, 0.25) is 0 Å². The van der Waals surface area contributed by atoms with Crippen molar-refractivity contribution >= 4 is 32.3 Å². The van der Waals surface area contributed by atoms with Crippen LogP contribution in [0.5, 0.6) is 0 Å². The molecule has 0 bridgehead atoms. The number of nitro groups is 1. The maximum absolute atomic E-state index is 13.8. The minimum absolute atomic E-state index is 0.259. The van der Waals surface area contributed by atoms with Gasteiger partial charge in [0.25, 0.3) is 15.5 Å². The van der Waals surface area contributed by atoms with Gasteiger partial charge in [0.05, 0.1) is 20.6 Å². The lowest BCUT2D eigenvalue weighted by molar-refractivity contribution is -0.414. The third-order valence-corrected chi connectivity index (χ3v) is 8.49. The maximum Gasteiger partial charge on any atom is 0.461 e. The Hall–Kier alpha value is -3.14. The van der Waals surface area contributed by atoms with E-state index in [0.29, 0.717) is 0 Å². The van der Waals surface area contributed by atoms with Gasteiger partial charge in [-0.2, -0.15) is 74.6 Å². The molecule has 1 aromatic rings. The van der Waals surface area contributed by atoms with Gasteiger partial charge in [-0.25, -0.2) is 17.2 Å². The molecule has 0 aliphatic heterocycles. The van der Waals surface area contributed by atoms with Gasteiger partial charge in [-0.15, -0.1) is 0 Å². The van der Waals surface area contributed by atoms with Gasteiger partial charge >= 0.3 is 59.4 Å². The molecule has 0 aromatic heterocycles. The zero-order valence-electron chi connectivity index (χ0n) is 21.0. The van der Waals surface area contributed by atoms with Crippen LogP contribution in [-0.2, 0) is 30.2 Å². The lowest BCUT2D eigenvalue weighted by atomic mass is 9.94. The van der Waals surface area contributed by atoms with Crippen molar-refractivity contribution in [3.8, 4) is 0 Å². The molecule has 1 atom stereocenters. The number of sulfone groups is 1. The van der Waals surface area contributed by atoms with Crippen molar-refractivity contribution in [2.75, 3.05) is 12.4 Å². The van der Waals surface area contributed by atoms with Gasteiger partial charge in [-0.3, -0.25) is 19.1 Å². The summed E-state index contributed by atoms with van der Waals surface area (Å²) in [6.07, 6.45) is -13.1. The molecule has 8 nitrogen and oxygen atoms in total. The molecule has 0 spiro atoms. The smallest absolute Gasteiger partial charge is 0.458 e. The maximum atomic E-state index is 13.8. The van der Waals surface area contributed by atoms with E-state index < -0.39 is 125 Å². The largest absolute Gasteiger partial charge is 0.461 e. The standard InChI is InChI=1S/C18H8F19NO7S2/c19-10(20)12(23,24)14(27,28)15(29,30)13(25,26)11(21,22)5-45-9(39)4-46(42)8-2-1-6(3-7(8)38(40)41)47(43,44)18(36,37)16(31,32)17(33,34)35/h1-3,10H,4-5H2. The summed E-state index contributed by atoms with van der Waals surface area (Å²) in [7, 11) is -10.8. The van der Waals surface area contributed by atoms with Crippen LogP contribution in [0.25, 0.3) is 0 Å². The number of rotatable bonds is 14. The van der Waals surface area contributed by atoms with E-state index in [1.54, 1.807) is 0 Å². The molecule has 0 radical (unpaired) electrons. The molecule has 0 heterocycles. The highest BCUT2D eigenvalue weighted by molar-refractivity contribution is 7.92. The Bertz CT molecular complexity index is 1510. The third-order valence-electron chi connectivity index (χ3n) is 5.35. The highest BCUT2D eigenvalue weighted by Crippen LogP contribution is 2.58. The van der Waals surface area contributed by atoms with E-state index in [1.807, 2.05) is 0 Å². The SMILES string of the molecule is O=C(CS(=O)c1ccc(S(=O)(=O)C(F)(F)C(F)(F)C(F)(F)F)cc1[N+](=O)[O-])OCC(F)(F)C(F)(F)C(F)(F)C(F)(F)C(F)(F)C(F)F. The van der Waals surface area contributed by atoms with Crippen molar-refractivity contribution in [3.63, 3.8) is 0 Å². The van der Waals surface area contributed by atoms with Gasteiger partial charge in [0.15, 0.2) is 6.61 Å². The zero-order valence-corrected chi connectivity index (χ0v) is 22.7. The number of hydrogen-bond donors (Lipinski definition) is 0. The van der Waals surface area contributed by atoms with Gasteiger partial charge < -0.3 is 4.74 Å². The number of nitrogens with zero attached hydrogens (tertiary/aromatic N) is 1. The molecular formula is C18H8F19NO7S2. The molecule has 0 amide bonds. The number of benzene rings is 1. The van der Waals surface area contributed by atoms with Gasteiger partial charge in [-0.1, -0.05) is 0 Å². The average molecular weight is 775 g/mol. The summed E-state index contributed by atoms with van der Waals surface area (Å²) in [5.41, 5.74) is -2.05. The second-order valence-corrected chi connectivity index (χ2v) is 11.9. The first-order valence-corrected chi connectivity index (χ1v) is 13.4.